The lowest BCUT2D eigenvalue weighted by atomic mass is 10.0. The molecule has 2 amide bonds. The van der Waals surface area contributed by atoms with Crippen LogP contribution in [0.4, 0.5) is 0 Å². The van der Waals surface area contributed by atoms with Crippen LogP contribution in [-0.4, -0.2) is 52.9 Å². The summed E-state index contributed by atoms with van der Waals surface area (Å²) in [6.45, 7) is 0.0922. The number of nitrogens with one attached hydrogen (secondary N) is 2. The van der Waals surface area contributed by atoms with Crippen molar-refractivity contribution in [2.24, 2.45) is 0 Å². The van der Waals surface area contributed by atoms with Crippen LogP contribution in [0.5, 0.6) is 5.75 Å². The van der Waals surface area contributed by atoms with Crippen molar-refractivity contribution in [1.29, 1.82) is 0 Å². The highest BCUT2D eigenvalue weighted by molar-refractivity contribution is 6.35. The molecule has 1 aromatic heterocycles. The van der Waals surface area contributed by atoms with Gasteiger partial charge in [-0.3, -0.25) is 14.6 Å². The topological polar surface area (TPSA) is 136 Å². The van der Waals surface area contributed by atoms with Crippen LogP contribution in [-0.2, 0) is 43.4 Å². The number of aliphatic carboxylic acids is 1. The maximum Gasteiger partial charge on any atom is 0.326 e. The van der Waals surface area contributed by atoms with Gasteiger partial charge in [-0.1, -0.05) is 41.4 Å². The maximum atomic E-state index is 12.9. The lowest BCUT2D eigenvalue weighted by Gasteiger charge is -2.20. The predicted octanol–water partition coefficient (Wildman–Crippen LogP) is 3.14. The van der Waals surface area contributed by atoms with Crippen LogP contribution >= 0.6 is 23.2 Å². The monoisotopic (exact) mass is 573 g/mol. The van der Waals surface area contributed by atoms with E-state index in [0.717, 1.165) is 5.56 Å². The Morgan fingerprint density at radius 2 is 1.59 bits per heavy atom. The molecule has 3 aromatic rings. The summed E-state index contributed by atoms with van der Waals surface area (Å²) in [5.41, 5.74) is 2.11. The van der Waals surface area contributed by atoms with Crippen molar-refractivity contribution in [3.8, 4) is 5.75 Å². The predicted molar refractivity (Wildman–Crippen MR) is 141 cm³/mol. The number of benzene rings is 2. The number of carbonyl (C=O) groups excluding carboxylic acids is 2. The Balaban J connectivity index is 1.32. The summed E-state index contributed by atoms with van der Waals surface area (Å²) in [7, 11) is 0. The summed E-state index contributed by atoms with van der Waals surface area (Å²) in [6, 6.07) is 14.1. The van der Waals surface area contributed by atoms with Gasteiger partial charge in [-0.2, -0.15) is 0 Å². The lowest BCUT2D eigenvalue weighted by Crippen LogP contribution is -2.52. The number of pyridine rings is 1. The molecule has 12 heteroatoms. The average molecular weight is 574 g/mol. The Morgan fingerprint density at radius 1 is 0.949 bits per heavy atom. The van der Waals surface area contributed by atoms with Crippen LogP contribution in [0, 0.1) is 0 Å². The highest BCUT2D eigenvalue weighted by Crippen LogP contribution is 2.26. The van der Waals surface area contributed by atoms with Crippen molar-refractivity contribution in [2.75, 3.05) is 6.79 Å². The normalized spacial score (nSPS) is 17.3. The largest absolute Gasteiger partial charge is 0.489 e. The minimum atomic E-state index is -1.29. The minimum absolute atomic E-state index is 0.00974. The van der Waals surface area contributed by atoms with Crippen molar-refractivity contribution in [2.45, 2.75) is 37.8 Å². The smallest absolute Gasteiger partial charge is 0.326 e. The van der Waals surface area contributed by atoms with E-state index in [-0.39, 0.29) is 26.4 Å². The van der Waals surface area contributed by atoms with Crippen molar-refractivity contribution >= 4 is 41.0 Å². The molecule has 3 atom stereocenters. The number of nitrogens with zero attached hydrogens (tertiary/aromatic N) is 1. The first-order chi connectivity index (χ1) is 18.8. The quantitative estimate of drug-likeness (QED) is 0.318. The third-order valence-electron chi connectivity index (χ3n) is 5.93. The average Bonchev–Trinajstić information content (AvgIpc) is 3.43. The fraction of sp³-hybridized carbons (Fsp3) is 0.259. The Bertz CT molecular complexity index is 1290. The standard InChI is InChI=1S/C27H25Cl2N3O7/c28-20-2-1-3-21(29)19(20)14-37-18-6-4-16(5-7-18)12-22(27(35)36)32-26(34)24-23(38-15-39-24)25(33)31-13-17-8-10-30-11-9-17/h1-11,22-24H,12-15H2,(H,31,33)(H,32,34)(H,35,36). The highest BCUT2D eigenvalue weighted by Gasteiger charge is 2.41. The molecular formula is C27H25Cl2N3O7. The van der Waals surface area contributed by atoms with Crippen molar-refractivity contribution < 1.29 is 33.7 Å². The number of hydrogen-bond acceptors (Lipinski definition) is 7. The zero-order valence-electron chi connectivity index (χ0n) is 20.5. The number of carbonyl (C=O) groups is 3. The molecule has 3 unspecified atom stereocenters. The molecule has 2 aromatic carbocycles. The van der Waals surface area contributed by atoms with Gasteiger partial charge in [0.2, 0.25) is 0 Å². The third kappa shape index (κ3) is 7.67. The number of carboxylic acid groups (broad SMARTS) is 1. The number of ether oxygens (including phenoxy) is 3. The van der Waals surface area contributed by atoms with Crippen LogP contribution in [0.1, 0.15) is 16.7 Å². The van der Waals surface area contributed by atoms with E-state index >= 15 is 0 Å². The van der Waals surface area contributed by atoms with Crippen LogP contribution in [0.25, 0.3) is 0 Å². The fourth-order valence-electron chi connectivity index (χ4n) is 3.81. The lowest BCUT2D eigenvalue weighted by molar-refractivity contribution is -0.144. The van der Waals surface area contributed by atoms with E-state index in [1.54, 1.807) is 67.0 Å². The first-order valence-electron chi connectivity index (χ1n) is 11.9. The molecule has 1 aliphatic heterocycles. The summed E-state index contributed by atoms with van der Waals surface area (Å²) >= 11 is 12.3. The molecule has 39 heavy (non-hydrogen) atoms. The maximum absolute atomic E-state index is 12.9. The van der Waals surface area contributed by atoms with Gasteiger partial charge in [0.25, 0.3) is 11.8 Å². The van der Waals surface area contributed by atoms with E-state index in [1.807, 2.05) is 0 Å². The van der Waals surface area contributed by atoms with Gasteiger partial charge in [-0.15, -0.1) is 0 Å². The van der Waals surface area contributed by atoms with Gasteiger partial charge in [0.15, 0.2) is 12.2 Å². The van der Waals surface area contributed by atoms with Gasteiger partial charge in [-0.05, 0) is 47.5 Å². The summed E-state index contributed by atoms with van der Waals surface area (Å²) in [6.07, 6.45) is 0.664. The second-order valence-corrected chi connectivity index (χ2v) is 9.42. The van der Waals surface area contributed by atoms with Gasteiger partial charge in [-0.25, -0.2) is 4.79 Å². The second kappa shape index (κ2) is 13.4. The van der Waals surface area contributed by atoms with Gasteiger partial charge < -0.3 is 30.0 Å². The van der Waals surface area contributed by atoms with Crippen molar-refractivity contribution in [3.05, 3.63) is 93.7 Å². The first kappa shape index (κ1) is 28.3. The van der Waals surface area contributed by atoms with Crippen LogP contribution < -0.4 is 15.4 Å². The third-order valence-corrected chi connectivity index (χ3v) is 6.63. The molecule has 0 saturated carbocycles. The number of hydrogen-bond donors (Lipinski definition) is 3. The van der Waals surface area contributed by atoms with Crippen LogP contribution in [0.3, 0.4) is 0 Å². The molecule has 1 aliphatic rings. The van der Waals surface area contributed by atoms with E-state index < -0.39 is 36.0 Å². The van der Waals surface area contributed by atoms with Gasteiger partial charge in [0.05, 0.1) is 0 Å². The van der Waals surface area contributed by atoms with E-state index in [0.29, 0.717) is 26.9 Å². The summed E-state index contributed by atoms with van der Waals surface area (Å²) in [4.78, 5) is 41.3. The molecule has 3 N–H and O–H groups in total. The second-order valence-electron chi connectivity index (χ2n) is 8.60. The molecule has 204 valence electrons. The van der Waals surface area contributed by atoms with E-state index in [1.165, 1.54) is 0 Å². The van der Waals surface area contributed by atoms with Crippen LogP contribution in [0.15, 0.2) is 67.0 Å². The molecule has 0 bridgehead atoms. The number of rotatable bonds is 11. The zero-order valence-corrected chi connectivity index (χ0v) is 22.0. The van der Waals surface area contributed by atoms with E-state index in [9.17, 15) is 19.5 Å². The van der Waals surface area contributed by atoms with Crippen molar-refractivity contribution in [1.82, 2.24) is 15.6 Å². The number of aromatic nitrogens is 1. The molecule has 4 rings (SSSR count). The Labute approximate surface area is 234 Å². The Morgan fingerprint density at radius 3 is 2.23 bits per heavy atom. The number of halogens is 2. The Hall–Kier alpha value is -3.70. The molecule has 2 heterocycles. The van der Waals surface area contributed by atoms with Gasteiger partial charge >= 0.3 is 5.97 Å². The molecule has 1 fully saturated rings. The molecule has 10 nitrogen and oxygen atoms in total. The minimum Gasteiger partial charge on any atom is -0.489 e. The van der Waals surface area contributed by atoms with Gasteiger partial charge in [0.1, 0.15) is 25.2 Å². The summed E-state index contributed by atoms with van der Waals surface area (Å²) in [5, 5.41) is 15.8. The summed E-state index contributed by atoms with van der Waals surface area (Å²) in [5.74, 6) is -2.03. The molecule has 1 saturated heterocycles. The highest BCUT2D eigenvalue weighted by atomic mass is 35.5. The van der Waals surface area contributed by atoms with Crippen molar-refractivity contribution in [3.63, 3.8) is 0 Å². The van der Waals surface area contributed by atoms with Gasteiger partial charge in [0, 0.05) is 41.0 Å². The molecule has 0 radical (unpaired) electrons. The first-order valence-corrected chi connectivity index (χ1v) is 12.6. The Kier molecular flexibility index (Phi) is 9.72. The van der Waals surface area contributed by atoms with Crippen LogP contribution in [0.2, 0.25) is 10.0 Å². The number of carboxylic acids is 1. The summed E-state index contributed by atoms with van der Waals surface area (Å²) < 4.78 is 16.3. The molecule has 0 aliphatic carbocycles. The SMILES string of the molecule is O=C(O)C(Cc1ccc(OCc2c(Cl)cccc2Cl)cc1)NC(=O)C1OCOC1C(=O)NCc1ccncc1. The number of amides is 2. The zero-order chi connectivity index (χ0) is 27.8. The fourth-order valence-corrected chi connectivity index (χ4v) is 4.32. The molecule has 0 spiro atoms. The molecular weight excluding hydrogens is 549 g/mol. The van der Waals surface area contributed by atoms with E-state index in [2.05, 4.69) is 15.6 Å². The van der Waals surface area contributed by atoms with E-state index in [4.69, 9.17) is 37.4 Å².